The molecule has 1 aromatic carbocycles. The maximum Gasteiger partial charge on any atom is 0.254 e. The Hall–Kier alpha value is -2.80. The highest BCUT2D eigenvalue weighted by Gasteiger charge is 2.43. The van der Waals surface area contributed by atoms with Crippen molar-refractivity contribution in [2.24, 2.45) is 0 Å². The Morgan fingerprint density at radius 1 is 1.19 bits per heavy atom. The smallest absolute Gasteiger partial charge is 0.254 e. The van der Waals surface area contributed by atoms with Crippen LogP contribution >= 0.6 is 11.3 Å². The first-order valence-electron chi connectivity index (χ1n) is 10.5. The van der Waals surface area contributed by atoms with Crippen molar-refractivity contribution >= 4 is 17.2 Å². The molecule has 1 saturated heterocycles. The van der Waals surface area contributed by atoms with E-state index < -0.39 is 5.60 Å². The molecule has 0 spiro atoms. The van der Waals surface area contributed by atoms with E-state index >= 15 is 0 Å². The molecule has 2 aromatic heterocycles. The summed E-state index contributed by atoms with van der Waals surface area (Å²) in [5.74, 6) is -0.0887. The first-order chi connectivity index (χ1) is 15.2. The number of nitrogens with one attached hydrogen (secondary N) is 1. The van der Waals surface area contributed by atoms with Crippen LogP contribution in [0.3, 0.4) is 0 Å². The second-order valence-corrected chi connectivity index (χ2v) is 8.71. The van der Waals surface area contributed by atoms with Crippen LogP contribution in [0.5, 0.6) is 0 Å². The molecule has 1 atom stereocenters. The second-order valence-electron chi connectivity index (χ2n) is 7.76. The van der Waals surface area contributed by atoms with E-state index in [-0.39, 0.29) is 5.91 Å². The van der Waals surface area contributed by atoms with Crippen molar-refractivity contribution < 1.29 is 9.53 Å². The Balaban J connectivity index is 1.54. The van der Waals surface area contributed by atoms with Crippen LogP contribution in [-0.4, -0.2) is 47.6 Å². The average Bonchev–Trinajstić information content (AvgIpc) is 3.34. The van der Waals surface area contributed by atoms with Crippen molar-refractivity contribution in [3.63, 3.8) is 0 Å². The minimum absolute atomic E-state index is 0.0887. The fraction of sp³-hybridized carbons (Fsp3) is 0.280. The lowest BCUT2D eigenvalue weighted by atomic mass is 9.90. The molecule has 1 fully saturated rings. The van der Waals surface area contributed by atoms with Crippen LogP contribution in [0.4, 0.5) is 0 Å². The molecule has 0 aliphatic carbocycles. The molecule has 1 aliphatic rings. The largest absolute Gasteiger partial charge is 0.362 e. The van der Waals surface area contributed by atoms with E-state index in [1.165, 1.54) is 16.0 Å². The quantitative estimate of drug-likeness (QED) is 0.547. The number of ether oxygens (including phenoxy) is 1. The lowest BCUT2D eigenvalue weighted by Gasteiger charge is -2.41. The third-order valence-electron chi connectivity index (χ3n) is 5.49. The number of benzene rings is 1. The predicted molar refractivity (Wildman–Crippen MR) is 125 cm³/mol. The maximum atomic E-state index is 13.2. The van der Waals surface area contributed by atoms with Gasteiger partial charge in [0.25, 0.3) is 5.91 Å². The lowest BCUT2D eigenvalue weighted by molar-refractivity contribution is -0.160. The summed E-state index contributed by atoms with van der Waals surface area (Å²) in [6.45, 7) is 6.74. The van der Waals surface area contributed by atoms with E-state index in [1.807, 2.05) is 12.1 Å². The number of morpholine rings is 1. The van der Waals surface area contributed by atoms with E-state index in [0.717, 1.165) is 18.7 Å². The standard InChI is InChI=1S/C25H27N3O2S/c1-2-11-27-24(29)25(17-20-5-7-22(8-6-20)23-4-3-16-31-23)19-28(14-15-30-25)18-21-9-12-26-13-10-21/h2-10,12-13,16H,1,11,14-15,17-19H2,(H,27,29). The van der Waals surface area contributed by atoms with Gasteiger partial charge in [0, 0.05) is 49.9 Å². The molecule has 0 bridgehead atoms. The number of pyridine rings is 1. The van der Waals surface area contributed by atoms with Crippen LogP contribution in [0, 0.1) is 0 Å². The fourth-order valence-electron chi connectivity index (χ4n) is 3.95. The SMILES string of the molecule is C=CCNC(=O)C1(Cc2ccc(-c3cccs3)cc2)CN(Cc2ccncc2)CCO1. The highest BCUT2D eigenvalue weighted by molar-refractivity contribution is 7.13. The van der Waals surface area contributed by atoms with E-state index in [4.69, 9.17) is 4.74 Å². The molecule has 31 heavy (non-hydrogen) atoms. The number of rotatable bonds is 8. The van der Waals surface area contributed by atoms with Gasteiger partial charge < -0.3 is 10.1 Å². The Labute approximate surface area is 187 Å². The van der Waals surface area contributed by atoms with Crippen molar-refractivity contribution in [1.82, 2.24) is 15.2 Å². The molecular formula is C25H27N3O2S. The molecule has 0 radical (unpaired) electrons. The van der Waals surface area contributed by atoms with Gasteiger partial charge in [0.15, 0.2) is 5.60 Å². The molecule has 1 aliphatic heterocycles. The van der Waals surface area contributed by atoms with Gasteiger partial charge in [-0.25, -0.2) is 0 Å². The third-order valence-corrected chi connectivity index (χ3v) is 6.41. The van der Waals surface area contributed by atoms with Crippen LogP contribution in [-0.2, 0) is 22.5 Å². The Kier molecular flexibility index (Phi) is 6.92. The summed E-state index contributed by atoms with van der Waals surface area (Å²) < 4.78 is 6.20. The predicted octanol–water partition coefficient (Wildman–Crippen LogP) is 3.93. The minimum Gasteiger partial charge on any atom is -0.362 e. The van der Waals surface area contributed by atoms with E-state index in [9.17, 15) is 4.79 Å². The van der Waals surface area contributed by atoms with Crippen LogP contribution in [0.2, 0.25) is 0 Å². The van der Waals surface area contributed by atoms with Crippen molar-refractivity contribution in [3.8, 4) is 10.4 Å². The van der Waals surface area contributed by atoms with Gasteiger partial charge >= 0.3 is 0 Å². The molecular weight excluding hydrogens is 406 g/mol. The van der Waals surface area contributed by atoms with Crippen molar-refractivity contribution in [2.75, 3.05) is 26.2 Å². The monoisotopic (exact) mass is 433 g/mol. The summed E-state index contributed by atoms with van der Waals surface area (Å²) in [6.07, 6.45) is 5.82. The van der Waals surface area contributed by atoms with E-state index in [1.54, 1.807) is 29.8 Å². The summed E-state index contributed by atoms with van der Waals surface area (Å²) >= 11 is 1.72. The van der Waals surface area contributed by atoms with Crippen LogP contribution in [0.25, 0.3) is 10.4 Å². The van der Waals surface area contributed by atoms with Gasteiger partial charge in [-0.1, -0.05) is 36.4 Å². The molecule has 1 amide bonds. The van der Waals surface area contributed by atoms with E-state index in [0.29, 0.717) is 26.1 Å². The van der Waals surface area contributed by atoms with Gasteiger partial charge in [-0.3, -0.25) is 14.7 Å². The Morgan fingerprint density at radius 2 is 2.00 bits per heavy atom. The summed E-state index contributed by atoms with van der Waals surface area (Å²) in [5, 5.41) is 5.04. The molecule has 1 N–H and O–H groups in total. The zero-order valence-corrected chi connectivity index (χ0v) is 18.3. The number of hydrogen-bond acceptors (Lipinski definition) is 5. The summed E-state index contributed by atoms with van der Waals surface area (Å²) in [7, 11) is 0. The fourth-order valence-corrected chi connectivity index (χ4v) is 4.68. The molecule has 1 unspecified atom stereocenters. The van der Waals surface area contributed by atoms with Gasteiger partial charge in [0.1, 0.15) is 0 Å². The number of amides is 1. The van der Waals surface area contributed by atoms with Gasteiger partial charge in [0.2, 0.25) is 0 Å². The molecule has 0 saturated carbocycles. The summed E-state index contributed by atoms with van der Waals surface area (Å²) in [4.78, 5) is 20.8. The number of hydrogen-bond donors (Lipinski definition) is 1. The van der Waals surface area contributed by atoms with Crippen LogP contribution < -0.4 is 5.32 Å². The number of carbonyl (C=O) groups is 1. The van der Waals surface area contributed by atoms with Crippen molar-refractivity contribution in [3.05, 3.63) is 90.1 Å². The average molecular weight is 434 g/mol. The highest BCUT2D eigenvalue weighted by Crippen LogP contribution is 2.28. The molecule has 6 heteroatoms. The van der Waals surface area contributed by atoms with Crippen molar-refractivity contribution in [2.45, 2.75) is 18.6 Å². The first kappa shape index (κ1) is 21.4. The number of carbonyl (C=O) groups excluding carboxylic acids is 1. The summed E-state index contributed by atoms with van der Waals surface area (Å²) in [6, 6.07) is 16.6. The third kappa shape index (κ3) is 5.28. The van der Waals surface area contributed by atoms with Crippen molar-refractivity contribution in [1.29, 1.82) is 0 Å². The first-order valence-corrected chi connectivity index (χ1v) is 11.3. The molecule has 4 rings (SSSR count). The Morgan fingerprint density at radius 3 is 2.71 bits per heavy atom. The maximum absolute atomic E-state index is 13.2. The zero-order valence-electron chi connectivity index (χ0n) is 17.5. The number of thiophene rings is 1. The van der Waals surface area contributed by atoms with Gasteiger partial charge in [-0.2, -0.15) is 0 Å². The second kappa shape index (κ2) is 10.0. The Bertz CT molecular complexity index is 989. The number of nitrogens with zero attached hydrogens (tertiary/aromatic N) is 2. The van der Waals surface area contributed by atoms with Gasteiger partial charge in [-0.05, 0) is 40.3 Å². The zero-order chi connectivity index (χ0) is 21.5. The van der Waals surface area contributed by atoms with Gasteiger partial charge in [0.05, 0.1) is 6.61 Å². The van der Waals surface area contributed by atoms with Crippen LogP contribution in [0.15, 0.2) is 79.0 Å². The number of aromatic nitrogens is 1. The molecule has 160 valence electrons. The topological polar surface area (TPSA) is 54.5 Å². The van der Waals surface area contributed by atoms with E-state index in [2.05, 4.69) is 63.6 Å². The summed E-state index contributed by atoms with van der Waals surface area (Å²) in [5.41, 5.74) is 2.52. The highest BCUT2D eigenvalue weighted by atomic mass is 32.1. The molecule has 3 aromatic rings. The van der Waals surface area contributed by atoms with Gasteiger partial charge in [-0.15, -0.1) is 17.9 Å². The normalized spacial score (nSPS) is 19.1. The minimum atomic E-state index is -0.932. The van der Waals surface area contributed by atoms with Crippen LogP contribution in [0.1, 0.15) is 11.1 Å². The lowest BCUT2D eigenvalue weighted by Crippen LogP contribution is -2.61. The molecule has 3 heterocycles. The molecule has 5 nitrogen and oxygen atoms in total.